The Morgan fingerprint density at radius 2 is 1.94 bits per heavy atom. The van der Waals surface area contributed by atoms with Crippen molar-refractivity contribution < 1.29 is 19.3 Å². The molecule has 9 heteroatoms. The smallest absolute Gasteiger partial charge is 0.225 e. The molecule has 0 aliphatic carbocycles. The summed E-state index contributed by atoms with van der Waals surface area (Å²) in [5, 5.41) is 14.4. The molecular formula is C24H35N5O4. The average molecular weight is 458 g/mol. The second-order valence-electron chi connectivity index (χ2n) is 8.56. The van der Waals surface area contributed by atoms with Gasteiger partial charge in [0.2, 0.25) is 5.95 Å². The van der Waals surface area contributed by atoms with Crippen LogP contribution in [-0.4, -0.2) is 91.3 Å². The molecule has 2 aliphatic rings. The lowest BCUT2D eigenvalue weighted by Gasteiger charge is -2.26. The maximum Gasteiger partial charge on any atom is 0.225 e. The lowest BCUT2D eigenvalue weighted by atomic mass is 10.0. The first-order chi connectivity index (χ1) is 16.1. The molecule has 33 heavy (non-hydrogen) atoms. The number of anilines is 1. The van der Waals surface area contributed by atoms with E-state index in [1.54, 1.807) is 18.5 Å². The second kappa shape index (κ2) is 11.6. The fourth-order valence-electron chi connectivity index (χ4n) is 4.22. The van der Waals surface area contributed by atoms with E-state index in [4.69, 9.17) is 14.2 Å². The number of aromatic nitrogens is 2. The molecule has 0 saturated carbocycles. The third-order valence-electron chi connectivity index (χ3n) is 6.03. The van der Waals surface area contributed by atoms with E-state index in [1.165, 1.54) is 0 Å². The number of hydrogen-bond acceptors (Lipinski definition) is 9. The standard InChI is InChI=1S/C24H35N5O4/c1-2-32-22-16-20(4-5-21(22)33-15-12-28-10-13-31-14-11-28)17-25-18-24(30)6-9-29(19-24)23-26-7-3-8-27-23/h3-5,7-8,16,25,30H,2,6,9-15,17-19H2,1H3. The summed E-state index contributed by atoms with van der Waals surface area (Å²) in [5.41, 5.74) is 0.286. The van der Waals surface area contributed by atoms with Gasteiger partial charge in [0.05, 0.1) is 32.0 Å². The molecular weight excluding hydrogens is 422 g/mol. The molecule has 0 bridgehead atoms. The van der Waals surface area contributed by atoms with Gasteiger partial charge in [0.1, 0.15) is 6.61 Å². The summed E-state index contributed by atoms with van der Waals surface area (Å²) in [7, 11) is 0. The molecule has 0 spiro atoms. The van der Waals surface area contributed by atoms with E-state index < -0.39 is 5.60 Å². The Bertz CT molecular complexity index is 865. The lowest BCUT2D eigenvalue weighted by molar-refractivity contribution is 0.0320. The number of benzene rings is 1. The molecule has 2 saturated heterocycles. The van der Waals surface area contributed by atoms with Crippen molar-refractivity contribution in [2.24, 2.45) is 0 Å². The molecule has 1 aromatic heterocycles. The average Bonchev–Trinajstić information content (AvgIpc) is 3.24. The van der Waals surface area contributed by atoms with Gasteiger partial charge in [-0.2, -0.15) is 0 Å². The van der Waals surface area contributed by atoms with Crippen molar-refractivity contribution >= 4 is 5.95 Å². The van der Waals surface area contributed by atoms with E-state index >= 15 is 0 Å². The van der Waals surface area contributed by atoms with E-state index in [9.17, 15) is 5.11 Å². The van der Waals surface area contributed by atoms with Crippen molar-refractivity contribution in [3.63, 3.8) is 0 Å². The number of morpholine rings is 1. The zero-order valence-electron chi connectivity index (χ0n) is 19.4. The van der Waals surface area contributed by atoms with E-state index in [-0.39, 0.29) is 0 Å². The van der Waals surface area contributed by atoms with Gasteiger partial charge in [0.15, 0.2) is 11.5 Å². The first-order valence-electron chi connectivity index (χ1n) is 11.8. The molecule has 1 atom stereocenters. The Labute approximate surface area is 195 Å². The quantitative estimate of drug-likeness (QED) is 0.518. The molecule has 2 aromatic rings. The monoisotopic (exact) mass is 457 g/mol. The summed E-state index contributed by atoms with van der Waals surface area (Å²) in [6, 6.07) is 7.83. The molecule has 4 rings (SSSR count). The number of nitrogens with one attached hydrogen (secondary N) is 1. The molecule has 1 aromatic carbocycles. The van der Waals surface area contributed by atoms with Crippen molar-refractivity contribution in [2.45, 2.75) is 25.5 Å². The first kappa shape index (κ1) is 23.7. The predicted molar refractivity (Wildman–Crippen MR) is 126 cm³/mol. The van der Waals surface area contributed by atoms with Gasteiger partial charge in [-0.3, -0.25) is 4.90 Å². The third-order valence-corrected chi connectivity index (χ3v) is 6.03. The van der Waals surface area contributed by atoms with Gasteiger partial charge < -0.3 is 29.5 Å². The highest BCUT2D eigenvalue weighted by molar-refractivity contribution is 5.43. The fraction of sp³-hybridized carbons (Fsp3) is 0.583. The molecule has 0 radical (unpaired) electrons. The SMILES string of the molecule is CCOc1cc(CNCC2(O)CCN(c3ncccn3)C2)ccc1OCCN1CCOCC1. The third kappa shape index (κ3) is 6.77. The molecule has 3 heterocycles. The Balaban J connectivity index is 1.26. The van der Waals surface area contributed by atoms with Gasteiger partial charge in [-0.25, -0.2) is 9.97 Å². The van der Waals surface area contributed by atoms with Crippen LogP contribution in [0, 0.1) is 0 Å². The number of ether oxygens (including phenoxy) is 3. The highest BCUT2D eigenvalue weighted by Crippen LogP contribution is 2.29. The van der Waals surface area contributed by atoms with Gasteiger partial charge >= 0.3 is 0 Å². The molecule has 2 aliphatic heterocycles. The zero-order valence-corrected chi connectivity index (χ0v) is 19.4. The molecule has 0 amide bonds. The maximum atomic E-state index is 11.0. The molecule has 180 valence electrons. The minimum absolute atomic E-state index is 0.498. The van der Waals surface area contributed by atoms with E-state index in [2.05, 4.69) is 20.2 Å². The Kier molecular flexibility index (Phi) is 8.33. The van der Waals surface area contributed by atoms with Crippen LogP contribution in [0.25, 0.3) is 0 Å². The van der Waals surface area contributed by atoms with Crippen LogP contribution in [0.5, 0.6) is 11.5 Å². The largest absolute Gasteiger partial charge is 0.490 e. The van der Waals surface area contributed by atoms with Crippen molar-refractivity contribution in [1.29, 1.82) is 0 Å². The number of aliphatic hydroxyl groups is 1. The second-order valence-corrected chi connectivity index (χ2v) is 8.56. The molecule has 2 N–H and O–H groups in total. The lowest BCUT2D eigenvalue weighted by Crippen LogP contribution is -2.43. The number of nitrogens with zero attached hydrogens (tertiary/aromatic N) is 4. The molecule has 2 fully saturated rings. The van der Waals surface area contributed by atoms with E-state index in [0.29, 0.717) is 45.2 Å². The minimum Gasteiger partial charge on any atom is -0.490 e. The molecule has 9 nitrogen and oxygen atoms in total. The van der Waals surface area contributed by atoms with Crippen LogP contribution in [-0.2, 0) is 11.3 Å². The van der Waals surface area contributed by atoms with Crippen molar-refractivity contribution in [1.82, 2.24) is 20.2 Å². The Morgan fingerprint density at radius 3 is 2.73 bits per heavy atom. The van der Waals surface area contributed by atoms with Crippen molar-refractivity contribution in [3.8, 4) is 11.5 Å². The van der Waals surface area contributed by atoms with Gasteiger partial charge in [-0.05, 0) is 37.1 Å². The normalized spacial score (nSPS) is 21.3. The van der Waals surface area contributed by atoms with E-state index in [0.717, 1.165) is 56.5 Å². The molecule has 1 unspecified atom stereocenters. The summed E-state index contributed by atoms with van der Waals surface area (Å²) in [6.45, 7) is 9.93. The first-order valence-corrected chi connectivity index (χ1v) is 11.8. The van der Waals surface area contributed by atoms with Crippen LogP contribution in [0.4, 0.5) is 5.95 Å². The number of hydrogen-bond donors (Lipinski definition) is 2. The Morgan fingerprint density at radius 1 is 1.12 bits per heavy atom. The van der Waals surface area contributed by atoms with Crippen molar-refractivity contribution in [2.75, 3.05) is 70.6 Å². The Hall–Kier alpha value is -2.46. The van der Waals surface area contributed by atoms with Crippen molar-refractivity contribution in [3.05, 3.63) is 42.2 Å². The predicted octanol–water partition coefficient (Wildman–Crippen LogP) is 1.32. The highest BCUT2D eigenvalue weighted by Gasteiger charge is 2.36. The summed E-state index contributed by atoms with van der Waals surface area (Å²) >= 11 is 0. The van der Waals surface area contributed by atoms with Crippen LogP contribution < -0.4 is 19.7 Å². The zero-order chi connectivity index (χ0) is 22.9. The summed E-state index contributed by atoms with van der Waals surface area (Å²) in [4.78, 5) is 12.9. The fourth-order valence-corrected chi connectivity index (χ4v) is 4.22. The topological polar surface area (TPSA) is 92.2 Å². The maximum absolute atomic E-state index is 11.0. The van der Waals surface area contributed by atoms with Gasteiger partial charge in [0, 0.05) is 51.7 Å². The van der Waals surface area contributed by atoms with Crippen LogP contribution in [0.1, 0.15) is 18.9 Å². The summed E-state index contributed by atoms with van der Waals surface area (Å²) in [6.07, 6.45) is 4.13. The van der Waals surface area contributed by atoms with Crippen LogP contribution in [0.2, 0.25) is 0 Å². The van der Waals surface area contributed by atoms with Crippen LogP contribution >= 0.6 is 0 Å². The summed E-state index contributed by atoms with van der Waals surface area (Å²) < 4.78 is 17.2. The number of rotatable bonds is 11. The summed E-state index contributed by atoms with van der Waals surface area (Å²) in [5.74, 6) is 2.19. The van der Waals surface area contributed by atoms with Gasteiger partial charge in [0.25, 0.3) is 0 Å². The van der Waals surface area contributed by atoms with Gasteiger partial charge in [-0.1, -0.05) is 6.07 Å². The number of β-amino-alcohol motifs (C(OH)–C–C–N with tert-alkyl or cyclic N) is 1. The van der Waals surface area contributed by atoms with Gasteiger partial charge in [-0.15, -0.1) is 0 Å². The minimum atomic E-state index is -0.801. The van der Waals surface area contributed by atoms with E-state index in [1.807, 2.05) is 30.0 Å². The van der Waals surface area contributed by atoms with Crippen LogP contribution in [0.3, 0.4) is 0 Å². The van der Waals surface area contributed by atoms with Crippen LogP contribution in [0.15, 0.2) is 36.7 Å². The highest BCUT2D eigenvalue weighted by atomic mass is 16.5.